The van der Waals surface area contributed by atoms with E-state index in [1.807, 2.05) is 11.8 Å². The molecule has 0 amide bonds. The second kappa shape index (κ2) is 7.90. The molecule has 0 aromatic heterocycles. The van der Waals surface area contributed by atoms with Crippen molar-refractivity contribution < 1.29 is 9.84 Å². The summed E-state index contributed by atoms with van der Waals surface area (Å²) in [6.45, 7) is 5.59. The molecule has 1 aromatic rings. The van der Waals surface area contributed by atoms with Crippen LogP contribution < -0.4 is 0 Å². The zero-order chi connectivity index (χ0) is 13.5. The number of hydrogen-bond donors (Lipinski definition) is 1. The van der Waals surface area contributed by atoms with Crippen LogP contribution in [-0.4, -0.2) is 53.9 Å². The smallest absolute Gasteiger partial charge is 0.0698 e. The van der Waals surface area contributed by atoms with Crippen molar-refractivity contribution in [3.63, 3.8) is 0 Å². The van der Waals surface area contributed by atoms with Crippen molar-refractivity contribution in [2.75, 3.05) is 38.7 Å². The summed E-state index contributed by atoms with van der Waals surface area (Å²) < 4.78 is 5.41. The molecule has 1 aromatic carbocycles. The zero-order valence-corrected chi connectivity index (χ0v) is 12.3. The Balaban J connectivity index is 1.98. The van der Waals surface area contributed by atoms with Crippen LogP contribution in [0.25, 0.3) is 0 Å². The molecule has 4 heteroatoms. The third-order valence-corrected chi connectivity index (χ3v) is 4.70. The first-order valence-electron chi connectivity index (χ1n) is 6.92. The maximum Gasteiger partial charge on any atom is 0.0698 e. The van der Waals surface area contributed by atoms with Crippen LogP contribution in [0.2, 0.25) is 0 Å². The predicted molar refractivity (Wildman–Crippen MR) is 80.6 cm³/mol. The summed E-state index contributed by atoms with van der Waals surface area (Å²) in [6, 6.07) is 11.2. The third-order valence-electron chi connectivity index (χ3n) is 3.50. The summed E-state index contributed by atoms with van der Waals surface area (Å²) in [5, 5.41) is 9.34. The van der Waals surface area contributed by atoms with Gasteiger partial charge in [-0.2, -0.15) is 11.8 Å². The largest absolute Gasteiger partial charge is 0.394 e. The van der Waals surface area contributed by atoms with Gasteiger partial charge in [0.05, 0.1) is 19.8 Å². The quantitative estimate of drug-likeness (QED) is 0.810. The molecule has 19 heavy (non-hydrogen) atoms. The Bertz CT molecular complexity index is 360. The van der Waals surface area contributed by atoms with E-state index in [-0.39, 0.29) is 6.61 Å². The topological polar surface area (TPSA) is 32.7 Å². The second-order valence-corrected chi connectivity index (χ2v) is 6.29. The molecular formula is C15H23NO2S. The van der Waals surface area contributed by atoms with Gasteiger partial charge in [-0.25, -0.2) is 0 Å². The van der Waals surface area contributed by atoms with Crippen molar-refractivity contribution in [3.05, 3.63) is 35.9 Å². The van der Waals surface area contributed by atoms with E-state index in [1.165, 1.54) is 11.3 Å². The fraction of sp³-hybridized carbons (Fsp3) is 0.600. The maximum absolute atomic E-state index is 8.73. The average molecular weight is 281 g/mol. The van der Waals surface area contributed by atoms with E-state index in [2.05, 4.69) is 42.2 Å². The number of nitrogens with zero attached hydrogens (tertiary/aromatic N) is 1. The van der Waals surface area contributed by atoms with Crippen LogP contribution in [-0.2, 0) is 4.74 Å². The number of benzene rings is 1. The Morgan fingerprint density at radius 2 is 2.11 bits per heavy atom. The van der Waals surface area contributed by atoms with E-state index in [4.69, 9.17) is 9.84 Å². The van der Waals surface area contributed by atoms with Crippen LogP contribution in [0.5, 0.6) is 0 Å². The molecule has 1 saturated heterocycles. The summed E-state index contributed by atoms with van der Waals surface area (Å²) in [5.41, 5.74) is 1.39. The summed E-state index contributed by atoms with van der Waals surface area (Å²) >= 11 is 2.05. The zero-order valence-electron chi connectivity index (χ0n) is 11.5. The fourth-order valence-electron chi connectivity index (χ4n) is 2.61. The predicted octanol–water partition coefficient (Wildman–Crippen LogP) is 2.17. The van der Waals surface area contributed by atoms with E-state index in [0.29, 0.717) is 24.5 Å². The molecule has 1 fully saturated rings. The van der Waals surface area contributed by atoms with E-state index < -0.39 is 0 Å². The maximum atomic E-state index is 8.73. The van der Waals surface area contributed by atoms with Gasteiger partial charge in [0.25, 0.3) is 0 Å². The molecule has 1 aliphatic rings. The van der Waals surface area contributed by atoms with Gasteiger partial charge in [0, 0.05) is 30.1 Å². The number of ether oxygens (including phenoxy) is 1. The van der Waals surface area contributed by atoms with Gasteiger partial charge in [0.2, 0.25) is 0 Å². The molecule has 0 bridgehead atoms. The van der Waals surface area contributed by atoms with Crippen LogP contribution in [0, 0.1) is 0 Å². The molecule has 2 rings (SSSR count). The lowest BCUT2D eigenvalue weighted by Crippen LogP contribution is -2.41. The summed E-state index contributed by atoms with van der Waals surface area (Å²) in [7, 11) is 0. The van der Waals surface area contributed by atoms with Gasteiger partial charge in [0.15, 0.2) is 0 Å². The van der Waals surface area contributed by atoms with Crippen LogP contribution in [0.3, 0.4) is 0 Å². The third kappa shape index (κ3) is 4.21. The standard InChI is InChI=1S/C15H23NO2S/c1-13-15(14-5-3-2-4-6-14)16(8-12-19-13)7-10-18-11-9-17/h2-6,13,15,17H,7-12H2,1H3. The van der Waals surface area contributed by atoms with Crippen molar-refractivity contribution >= 4 is 11.8 Å². The second-order valence-electron chi connectivity index (χ2n) is 4.80. The average Bonchev–Trinajstić information content (AvgIpc) is 2.45. The number of thioether (sulfide) groups is 1. The molecular weight excluding hydrogens is 258 g/mol. The molecule has 2 unspecified atom stereocenters. The SMILES string of the molecule is CC1SCCN(CCOCCO)C1c1ccccc1. The highest BCUT2D eigenvalue weighted by Crippen LogP contribution is 2.35. The first kappa shape index (κ1) is 14.9. The highest BCUT2D eigenvalue weighted by molar-refractivity contribution is 8.00. The van der Waals surface area contributed by atoms with Gasteiger partial charge >= 0.3 is 0 Å². The van der Waals surface area contributed by atoms with Crippen molar-refractivity contribution in [2.24, 2.45) is 0 Å². The van der Waals surface area contributed by atoms with Crippen LogP contribution >= 0.6 is 11.8 Å². The molecule has 2 atom stereocenters. The Morgan fingerprint density at radius 1 is 1.32 bits per heavy atom. The molecule has 0 saturated carbocycles. The summed E-state index contributed by atoms with van der Waals surface area (Å²) in [4.78, 5) is 2.51. The lowest BCUT2D eigenvalue weighted by Gasteiger charge is -2.40. The molecule has 3 nitrogen and oxygen atoms in total. The normalized spacial score (nSPS) is 24.5. The first-order valence-corrected chi connectivity index (χ1v) is 7.97. The Morgan fingerprint density at radius 3 is 2.84 bits per heavy atom. The van der Waals surface area contributed by atoms with E-state index in [9.17, 15) is 0 Å². The molecule has 0 aliphatic carbocycles. The molecule has 106 valence electrons. The van der Waals surface area contributed by atoms with Gasteiger partial charge in [-0.05, 0) is 5.56 Å². The highest BCUT2D eigenvalue weighted by Gasteiger charge is 2.29. The lowest BCUT2D eigenvalue weighted by molar-refractivity contribution is 0.0634. The summed E-state index contributed by atoms with van der Waals surface area (Å²) in [5.74, 6) is 1.19. The van der Waals surface area contributed by atoms with Crippen molar-refractivity contribution in [1.29, 1.82) is 0 Å². The lowest BCUT2D eigenvalue weighted by atomic mass is 10.0. The minimum Gasteiger partial charge on any atom is -0.394 e. The number of rotatable bonds is 6. The molecule has 1 N–H and O–H groups in total. The van der Waals surface area contributed by atoms with Crippen LogP contribution in [0.1, 0.15) is 18.5 Å². The van der Waals surface area contributed by atoms with Gasteiger partial charge in [0.1, 0.15) is 0 Å². The number of aliphatic hydroxyl groups excluding tert-OH is 1. The molecule has 1 aliphatic heterocycles. The Hall–Kier alpha value is -0.550. The van der Waals surface area contributed by atoms with Gasteiger partial charge in [-0.15, -0.1) is 0 Å². The van der Waals surface area contributed by atoms with E-state index in [0.717, 1.165) is 13.1 Å². The van der Waals surface area contributed by atoms with Crippen molar-refractivity contribution in [3.8, 4) is 0 Å². The Kier molecular flexibility index (Phi) is 6.17. The van der Waals surface area contributed by atoms with Crippen molar-refractivity contribution in [2.45, 2.75) is 18.2 Å². The van der Waals surface area contributed by atoms with Crippen LogP contribution in [0.4, 0.5) is 0 Å². The minimum atomic E-state index is 0.106. The van der Waals surface area contributed by atoms with E-state index >= 15 is 0 Å². The highest BCUT2D eigenvalue weighted by atomic mass is 32.2. The molecule has 0 spiro atoms. The van der Waals surface area contributed by atoms with Gasteiger partial charge < -0.3 is 9.84 Å². The fourth-order valence-corrected chi connectivity index (χ4v) is 3.84. The minimum absolute atomic E-state index is 0.106. The number of aliphatic hydroxyl groups is 1. The van der Waals surface area contributed by atoms with Gasteiger partial charge in [-0.1, -0.05) is 37.3 Å². The first-order chi connectivity index (χ1) is 9.33. The molecule has 0 radical (unpaired) electrons. The van der Waals surface area contributed by atoms with Crippen LogP contribution in [0.15, 0.2) is 30.3 Å². The van der Waals surface area contributed by atoms with Crippen molar-refractivity contribution in [1.82, 2.24) is 4.90 Å². The van der Waals surface area contributed by atoms with E-state index in [1.54, 1.807) is 0 Å². The monoisotopic (exact) mass is 281 g/mol. The summed E-state index contributed by atoms with van der Waals surface area (Å²) in [6.07, 6.45) is 0. The molecule has 1 heterocycles. The Labute approximate surface area is 120 Å². The van der Waals surface area contributed by atoms with Gasteiger partial charge in [-0.3, -0.25) is 4.90 Å². The number of hydrogen-bond acceptors (Lipinski definition) is 4.